The van der Waals surface area contributed by atoms with Crippen molar-refractivity contribution in [1.82, 2.24) is 0 Å². The van der Waals surface area contributed by atoms with Crippen molar-refractivity contribution >= 4 is 28.3 Å². The normalized spacial score (nSPS) is 12.5. The van der Waals surface area contributed by atoms with Crippen LogP contribution in [-0.4, -0.2) is 28.9 Å². The number of aryl methyl sites for hydroxylation is 1. The average Bonchev–Trinajstić information content (AvgIpc) is 2.86. The van der Waals surface area contributed by atoms with E-state index in [-0.39, 0.29) is 39.9 Å². The highest BCUT2D eigenvalue weighted by Crippen LogP contribution is 2.34. The molecule has 38 heavy (non-hydrogen) atoms. The van der Waals surface area contributed by atoms with Crippen LogP contribution >= 0.6 is 0 Å². The molecular weight excluding hydrogens is 484 g/mol. The van der Waals surface area contributed by atoms with E-state index >= 15 is 0 Å². The number of aromatic hydroxyl groups is 1. The summed E-state index contributed by atoms with van der Waals surface area (Å²) in [6, 6.07) is 9.46. The standard InChI is InChI=1S/C16H18O4.C15H14O3/c1-9(2)5-6-11-14(19-4)8-13(18)15-12(17)7-10(3)20-16(11)15;1-9(2)7-8-12-13(16)10-5-3-4-6-11(10)14(17)15(12)18/h5,7-8,18H,6H2,1-4H3;3-7,16H,8H2,1-2H3. The number of Topliss-reactive ketones (excluding diaryl/α,β-unsaturated/α-hetero) is 2. The number of carbonyl (C=O) groups excluding carboxylic acids is 2. The maximum absolute atomic E-state index is 12.0. The second-order valence-electron chi connectivity index (χ2n) is 9.50. The summed E-state index contributed by atoms with van der Waals surface area (Å²) in [6.07, 6.45) is 4.71. The fraction of sp³-hybridized carbons (Fsp3) is 0.258. The first-order valence-electron chi connectivity index (χ1n) is 12.2. The molecule has 0 saturated carbocycles. The molecule has 4 rings (SSSR count). The van der Waals surface area contributed by atoms with Gasteiger partial charge in [-0.1, -0.05) is 47.6 Å². The van der Waals surface area contributed by atoms with E-state index in [1.807, 2.05) is 39.8 Å². The van der Waals surface area contributed by atoms with E-state index < -0.39 is 11.6 Å². The number of benzene rings is 2. The molecule has 2 aromatic carbocycles. The van der Waals surface area contributed by atoms with Gasteiger partial charge in [-0.15, -0.1) is 0 Å². The van der Waals surface area contributed by atoms with Crippen molar-refractivity contribution in [3.8, 4) is 11.5 Å². The first-order valence-corrected chi connectivity index (χ1v) is 12.2. The van der Waals surface area contributed by atoms with Gasteiger partial charge in [-0.05, 0) is 47.5 Å². The van der Waals surface area contributed by atoms with E-state index in [2.05, 4.69) is 0 Å². The van der Waals surface area contributed by atoms with Crippen molar-refractivity contribution in [3.63, 3.8) is 0 Å². The zero-order chi connectivity index (χ0) is 28.1. The molecule has 0 spiro atoms. The predicted octanol–water partition coefficient (Wildman–Crippen LogP) is 6.40. The van der Waals surface area contributed by atoms with Gasteiger partial charge in [-0.25, -0.2) is 0 Å². The molecule has 1 aliphatic carbocycles. The van der Waals surface area contributed by atoms with Gasteiger partial charge in [0.2, 0.25) is 11.6 Å². The van der Waals surface area contributed by atoms with Gasteiger partial charge in [0.05, 0.1) is 7.11 Å². The van der Waals surface area contributed by atoms with Crippen molar-refractivity contribution in [2.75, 3.05) is 7.11 Å². The highest BCUT2D eigenvalue weighted by atomic mass is 16.5. The van der Waals surface area contributed by atoms with Crippen molar-refractivity contribution < 1.29 is 29.0 Å². The Morgan fingerprint density at radius 1 is 0.895 bits per heavy atom. The summed E-state index contributed by atoms with van der Waals surface area (Å²) in [4.78, 5) is 35.9. The Bertz CT molecular complexity index is 1560. The van der Waals surface area contributed by atoms with Gasteiger partial charge in [0, 0.05) is 34.4 Å². The first-order chi connectivity index (χ1) is 18.0. The molecule has 0 fully saturated rings. The van der Waals surface area contributed by atoms with Crippen molar-refractivity contribution in [2.24, 2.45) is 0 Å². The number of allylic oxidation sites excluding steroid dienone is 5. The number of methoxy groups -OCH3 is 1. The molecule has 2 N–H and O–H groups in total. The molecule has 0 amide bonds. The Kier molecular flexibility index (Phi) is 8.73. The van der Waals surface area contributed by atoms with Crippen molar-refractivity contribution in [2.45, 2.75) is 47.5 Å². The van der Waals surface area contributed by atoms with Gasteiger partial charge in [-0.2, -0.15) is 0 Å². The smallest absolute Gasteiger partial charge is 0.234 e. The lowest BCUT2D eigenvalue weighted by Crippen LogP contribution is -2.23. The number of ether oxygens (including phenoxy) is 1. The van der Waals surface area contributed by atoms with E-state index in [0.29, 0.717) is 29.1 Å². The summed E-state index contributed by atoms with van der Waals surface area (Å²) in [5.74, 6) is -0.321. The van der Waals surface area contributed by atoms with E-state index in [0.717, 1.165) is 16.7 Å². The van der Waals surface area contributed by atoms with E-state index in [4.69, 9.17) is 9.15 Å². The Morgan fingerprint density at radius 2 is 1.50 bits per heavy atom. The summed E-state index contributed by atoms with van der Waals surface area (Å²) in [6.45, 7) is 9.51. The lowest BCUT2D eigenvalue weighted by atomic mass is 9.87. The number of aliphatic hydroxyl groups excluding tert-OH is 1. The number of fused-ring (bicyclic) bond motifs is 2. The Balaban J connectivity index is 0.000000212. The highest BCUT2D eigenvalue weighted by molar-refractivity contribution is 6.52. The second kappa shape index (κ2) is 11.8. The number of ketones is 2. The molecule has 3 aromatic rings. The largest absolute Gasteiger partial charge is 0.507 e. The second-order valence-corrected chi connectivity index (χ2v) is 9.50. The summed E-state index contributed by atoms with van der Waals surface area (Å²) in [5.41, 5.74) is 4.01. The molecule has 7 nitrogen and oxygen atoms in total. The third kappa shape index (κ3) is 5.94. The minimum atomic E-state index is -0.608. The molecule has 0 unspecified atom stereocenters. The van der Waals surface area contributed by atoms with Gasteiger partial charge < -0.3 is 19.4 Å². The Morgan fingerprint density at radius 3 is 2.11 bits per heavy atom. The summed E-state index contributed by atoms with van der Waals surface area (Å²) >= 11 is 0. The van der Waals surface area contributed by atoms with Crippen LogP contribution in [0.3, 0.4) is 0 Å². The Labute approximate surface area is 221 Å². The van der Waals surface area contributed by atoms with E-state index in [1.165, 1.54) is 19.2 Å². The minimum Gasteiger partial charge on any atom is -0.507 e. The molecule has 1 aliphatic rings. The van der Waals surface area contributed by atoms with Crippen LogP contribution in [0, 0.1) is 6.92 Å². The fourth-order valence-corrected chi connectivity index (χ4v) is 4.05. The molecule has 0 bridgehead atoms. The molecule has 0 aliphatic heterocycles. The topological polar surface area (TPSA) is 114 Å². The van der Waals surface area contributed by atoms with Crippen molar-refractivity contribution in [1.29, 1.82) is 0 Å². The van der Waals surface area contributed by atoms with Crippen molar-refractivity contribution in [3.05, 3.63) is 97.9 Å². The van der Waals surface area contributed by atoms with Crippen LogP contribution in [0.5, 0.6) is 11.5 Å². The number of aliphatic hydroxyl groups is 1. The van der Waals surface area contributed by atoms with Crippen LogP contribution in [0.2, 0.25) is 0 Å². The third-order valence-electron chi connectivity index (χ3n) is 6.01. The number of hydrogen-bond acceptors (Lipinski definition) is 7. The van der Waals surface area contributed by atoms with Gasteiger partial charge in [0.15, 0.2) is 5.43 Å². The minimum absolute atomic E-state index is 0.0762. The number of phenols is 1. The van der Waals surface area contributed by atoms with Crippen LogP contribution in [-0.2, 0) is 11.2 Å². The van der Waals surface area contributed by atoms with Crippen LogP contribution in [0.25, 0.3) is 16.7 Å². The zero-order valence-corrected chi connectivity index (χ0v) is 22.5. The summed E-state index contributed by atoms with van der Waals surface area (Å²) < 4.78 is 11.0. The van der Waals surface area contributed by atoms with Crippen LogP contribution in [0.1, 0.15) is 61.4 Å². The molecule has 7 heteroatoms. The molecular formula is C31H32O7. The molecule has 0 saturated heterocycles. The molecule has 1 heterocycles. The number of phenolic OH excluding ortho intramolecular Hbond substituents is 1. The summed E-state index contributed by atoms with van der Waals surface area (Å²) in [7, 11) is 1.53. The average molecular weight is 517 g/mol. The Hall–Kier alpha value is -4.39. The molecule has 1 aromatic heterocycles. The van der Waals surface area contributed by atoms with E-state index in [9.17, 15) is 24.6 Å². The maximum atomic E-state index is 12.0. The third-order valence-corrected chi connectivity index (χ3v) is 6.01. The van der Waals surface area contributed by atoms with Crippen LogP contribution < -0.4 is 10.2 Å². The number of hydrogen-bond donors (Lipinski definition) is 2. The maximum Gasteiger partial charge on any atom is 0.234 e. The molecule has 0 radical (unpaired) electrons. The van der Waals surface area contributed by atoms with E-state index in [1.54, 1.807) is 31.2 Å². The number of carbonyl (C=O) groups is 2. The SMILES string of the molecule is CC(C)=CCC1=C(O)c2ccccc2C(=O)C1=O.COc1cc(O)c2c(=O)cc(C)oc2c1CC=C(C)C. The first kappa shape index (κ1) is 28.2. The number of rotatable bonds is 5. The lowest BCUT2D eigenvalue weighted by Gasteiger charge is -2.16. The fourth-order valence-electron chi connectivity index (χ4n) is 4.05. The highest BCUT2D eigenvalue weighted by Gasteiger charge is 2.31. The van der Waals surface area contributed by atoms with Gasteiger partial charge in [0.25, 0.3) is 0 Å². The predicted molar refractivity (Wildman–Crippen MR) is 148 cm³/mol. The molecule has 198 valence electrons. The zero-order valence-electron chi connectivity index (χ0n) is 22.5. The van der Waals surface area contributed by atoms with Crippen LogP contribution in [0.15, 0.2) is 74.5 Å². The molecule has 0 atom stereocenters. The lowest BCUT2D eigenvalue weighted by molar-refractivity contribution is -0.112. The quantitative estimate of drug-likeness (QED) is 0.298. The van der Waals surface area contributed by atoms with Crippen LogP contribution in [0.4, 0.5) is 0 Å². The van der Waals surface area contributed by atoms with Gasteiger partial charge in [-0.3, -0.25) is 14.4 Å². The monoisotopic (exact) mass is 516 g/mol. The van der Waals surface area contributed by atoms with Gasteiger partial charge in [0.1, 0.15) is 34.0 Å². The van der Waals surface area contributed by atoms with Gasteiger partial charge >= 0.3 is 0 Å². The summed E-state index contributed by atoms with van der Waals surface area (Å²) in [5, 5.41) is 20.3.